The lowest BCUT2D eigenvalue weighted by molar-refractivity contribution is -0.119. The van der Waals surface area contributed by atoms with E-state index in [0.29, 0.717) is 11.7 Å². The number of aryl methyl sites for hydroxylation is 1. The largest absolute Gasteiger partial charge is 0.353 e. The van der Waals surface area contributed by atoms with Crippen molar-refractivity contribution in [1.82, 2.24) is 15.5 Å². The van der Waals surface area contributed by atoms with E-state index in [-0.39, 0.29) is 11.9 Å². The number of carbonyl (C=O) groups excluding carboxylic acids is 1. The molecule has 1 aromatic carbocycles. The molecular formula is C16H20N4OS2. The summed E-state index contributed by atoms with van der Waals surface area (Å²) in [6, 6.07) is 8.39. The predicted octanol–water partition coefficient (Wildman–Crippen LogP) is 3.60. The molecule has 0 bridgehead atoms. The third-order valence-electron chi connectivity index (χ3n) is 3.72. The number of hydrogen-bond acceptors (Lipinski definition) is 6. The van der Waals surface area contributed by atoms with Crippen LogP contribution in [0.2, 0.25) is 0 Å². The Labute approximate surface area is 144 Å². The van der Waals surface area contributed by atoms with Crippen LogP contribution in [0.25, 0.3) is 0 Å². The summed E-state index contributed by atoms with van der Waals surface area (Å²) < 4.78 is 0.800. The molecule has 0 unspecified atom stereocenters. The first-order valence-corrected chi connectivity index (χ1v) is 9.50. The molecule has 1 aliphatic carbocycles. The zero-order valence-electron chi connectivity index (χ0n) is 13.2. The first kappa shape index (κ1) is 16.3. The van der Waals surface area contributed by atoms with Crippen molar-refractivity contribution in [2.24, 2.45) is 5.92 Å². The maximum absolute atomic E-state index is 11.9. The van der Waals surface area contributed by atoms with E-state index in [0.717, 1.165) is 15.2 Å². The van der Waals surface area contributed by atoms with Gasteiger partial charge in [0.15, 0.2) is 4.34 Å². The van der Waals surface area contributed by atoms with Gasteiger partial charge in [-0.1, -0.05) is 35.2 Å². The van der Waals surface area contributed by atoms with Crippen LogP contribution in [0.1, 0.15) is 25.3 Å². The summed E-state index contributed by atoms with van der Waals surface area (Å²) in [6.45, 7) is 4.13. The van der Waals surface area contributed by atoms with Crippen molar-refractivity contribution in [2.45, 2.75) is 37.1 Å². The molecule has 3 rings (SSSR count). The van der Waals surface area contributed by atoms with Crippen LogP contribution in [0.4, 0.5) is 10.8 Å². The molecule has 1 aromatic heterocycles. The van der Waals surface area contributed by atoms with Crippen LogP contribution < -0.4 is 10.6 Å². The molecule has 1 heterocycles. The smallest absolute Gasteiger partial charge is 0.230 e. The van der Waals surface area contributed by atoms with Crippen molar-refractivity contribution in [3.8, 4) is 0 Å². The molecule has 7 heteroatoms. The normalized spacial score (nSPS) is 15.2. The molecule has 122 valence electrons. The zero-order chi connectivity index (χ0) is 16.2. The van der Waals surface area contributed by atoms with Gasteiger partial charge in [-0.3, -0.25) is 4.79 Å². The van der Waals surface area contributed by atoms with Crippen LogP contribution in [-0.2, 0) is 4.79 Å². The summed E-state index contributed by atoms with van der Waals surface area (Å²) in [5, 5.41) is 15.3. The van der Waals surface area contributed by atoms with E-state index in [4.69, 9.17) is 0 Å². The number of nitrogens with one attached hydrogen (secondary N) is 2. The topological polar surface area (TPSA) is 66.9 Å². The lowest BCUT2D eigenvalue weighted by atomic mass is 10.2. The lowest BCUT2D eigenvalue weighted by Crippen LogP contribution is -2.35. The molecule has 0 saturated heterocycles. The Bertz CT molecular complexity index is 684. The maximum atomic E-state index is 11.9. The second-order valence-corrected chi connectivity index (χ2v) is 8.05. The quantitative estimate of drug-likeness (QED) is 0.749. The number of hydrogen-bond donors (Lipinski definition) is 2. The van der Waals surface area contributed by atoms with Crippen molar-refractivity contribution >= 4 is 39.8 Å². The van der Waals surface area contributed by atoms with Crippen molar-refractivity contribution in [3.63, 3.8) is 0 Å². The lowest BCUT2D eigenvalue weighted by Gasteiger charge is -2.11. The molecule has 1 amide bonds. The number of benzene rings is 1. The maximum Gasteiger partial charge on any atom is 0.230 e. The van der Waals surface area contributed by atoms with E-state index in [1.54, 1.807) is 0 Å². The zero-order valence-corrected chi connectivity index (χ0v) is 14.8. The predicted molar refractivity (Wildman–Crippen MR) is 95.4 cm³/mol. The number of rotatable bonds is 7. The molecule has 1 atom stereocenters. The Morgan fingerprint density at radius 3 is 3.00 bits per heavy atom. The third-order valence-corrected chi connectivity index (χ3v) is 5.69. The van der Waals surface area contributed by atoms with Gasteiger partial charge in [0, 0.05) is 11.7 Å². The standard InChI is InChI=1S/C16H20N4OS2/c1-10-4-3-5-13(8-10)18-15-19-20-16(23-15)22-9-14(21)17-11(2)12-6-7-12/h3-5,8,11-12H,6-7,9H2,1-2H3,(H,17,21)(H,18,19)/t11-/m1/s1. The van der Waals surface area contributed by atoms with Gasteiger partial charge < -0.3 is 10.6 Å². The van der Waals surface area contributed by atoms with E-state index in [2.05, 4.69) is 33.8 Å². The first-order chi connectivity index (χ1) is 11.1. The Morgan fingerprint density at radius 2 is 2.26 bits per heavy atom. The van der Waals surface area contributed by atoms with Gasteiger partial charge >= 0.3 is 0 Å². The summed E-state index contributed by atoms with van der Waals surface area (Å²) in [5.74, 6) is 1.13. The highest BCUT2D eigenvalue weighted by atomic mass is 32.2. The molecular weight excluding hydrogens is 328 g/mol. The Kier molecular flexibility index (Phi) is 5.17. The first-order valence-electron chi connectivity index (χ1n) is 7.69. The van der Waals surface area contributed by atoms with Crippen molar-refractivity contribution in [3.05, 3.63) is 29.8 Å². The minimum atomic E-state index is 0.0674. The van der Waals surface area contributed by atoms with Gasteiger partial charge in [-0.05, 0) is 50.3 Å². The number of amides is 1. The molecule has 0 spiro atoms. The SMILES string of the molecule is Cc1cccc(Nc2nnc(SCC(=O)N[C@H](C)C3CC3)s2)c1. The number of anilines is 2. The van der Waals surface area contributed by atoms with E-state index in [1.165, 1.54) is 41.5 Å². The average Bonchev–Trinajstić information content (AvgIpc) is 3.27. The second-order valence-electron chi connectivity index (χ2n) is 5.85. The molecule has 1 saturated carbocycles. The molecule has 1 fully saturated rings. The highest BCUT2D eigenvalue weighted by molar-refractivity contribution is 8.01. The Hall–Kier alpha value is -1.60. The molecule has 2 N–H and O–H groups in total. The van der Waals surface area contributed by atoms with E-state index >= 15 is 0 Å². The number of aromatic nitrogens is 2. The van der Waals surface area contributed by atoms with E-state index in [1.807, 2.05) is 25.1 Å². The summed E-state index contributed by atoms with van der Waals surface area (Å²) in [7, 11) is 0. The summed E-state index contributed by atoms with van der Waals surface area (Å²) >= 11 is 2.89. The van der Waals surface area contributed by atoms with Gasteiger partial charge in [0.1, 0.15) is 0 Å². The van der Waals surface area contributed by atoms with Crippen LogP contribution in [0.15, 0.2) is 28.6 Å². The van der Waals surface area contributed by atoms with Gasteiger partial charge in [0.25, 0.3) is 0 Å². The van der Waals surface area contributed by atoms with Gasteiger partial charge in [-0.25, -0.2) is 0 Å². The highest BCUT2D eigenvalue weighted by Crippen LogP contribution is 2.32. The molecule has 2 aromatic rings. The van der Waals surface area contributed by atoms with E-state index in [9.17, 15) is 4.79 Å². The number of nitrogens with zero attached hydrogens (tertiary/aromatic N) is 2. The van der Waals surface area contributed by atoms with Gasteiger partial charge in [-0.15, -0.1) is 10.2 Å². The average molecular weight is 348 g/mol. The summed E-state index contributed by atoms with van der Waals surface area (Å²) in [6.07, 6.45) is 2.47. The van der Waals surface area contributed by atoms with Crippen LogP contribution in [0.3, 0.4) is 0 Å². The fourth-order valence-corrected chi connectivity index (χ4v) is 3.89. The van der Waals surface area contributed by atoms with Crippen molar-refractivity contribution < 1.29 is 4.79 Å². The molecule has 1 aliphatic rings. The second kappa shape index (κ2) is 7.31. The van der Waals surface area contributed by atoms with E-state index < -0.39 is 0 Å². The Morgan fingerprint density at radius 1 is 1.43 bits per heavy atom. The summed E-state index contributed by atoms with van der Waals surface area (Å²) in [5.41, 5.74) is 2.18. The molecule has 23 heavy (non-hydrogen) atoms. The van der Waals surface area contributed by atoms with Crippen LogP contribution in [-0.4, -0.2) is 27.9 Å². The van der Waals surface area contributed by atoms with Crippen LogP contribution >= 0.6 is 23.1 Å². The third kappa shape index (κ3) is 4.94. The van der Waals surface area contributed by atoms with Gasteiger partial charge in [0.05, 0.1) is 5.75 Å². The minimum absolute atomic E-state index is 0.0674. The summed E-state index contributed by atoms with van der Waals surface area (Å²) in [4.78, 5) is 11.9. The molecule has 5 nitrogen and oxygen atoms in total. The van der Waals surface area contributed by atoms with Gasteiger partial charge in [0.2, 0.25) is 11.0 Å². The fourth-order valence-electron chi connectivity index (χ4n) is 2.30. The fraction of sp³-hybridized carbons (Fsp3) is 0.438. The number of carbonyl (C=O) groups is 1. The van der Waals surface area contributed by atoms with Gasteiger partial charge in [-0.2, -0.15) is 0 Å². The van der Waals surface area contributed by atoms with Crippen molar-refractivity contribution in [2.75, 3.05) is 11.1 Å². The molecule has 0 radical (unpaired) electrons. The van der Waals surface area contributed by atoms with Crippen molar-refractivity contribution in [1.29, 1.82) is 0 Å². The number of thioether (sulfide) groups is 1. The Balaban J connectivity index is 1.48. The molecule has 0 aliphatic heterocycles. The minimum Gasteiger partial charge on any atom is -0.353 e. The van der Waals surface area contributed by atoms with Crippen LogP contribution in [0.5, 0.6) is 0 Å². The monoisotopic (exact) mass is 348 g/mol. The highest BCUT2D eigenvalue weighted by Gasteiger charge is 2.28. The van der Waals surface area contributed by atoms with Crippen LogP contribution in [0, 0.1) is 12.8 Å².